The summed E-state index contributed by atoms with van der Waals surface area (Å²) < 4.78 is 1.69. The highest BCUT2D eigenvalue weighted by molar-refractivity contribution is 6.31. The third-order valence-corrected chi connectivity index (χ3v) is 5.72. The number of carbonyl (C=O) groups is 1. The molecule has 4 rings (SSSR count). The van der Waals surface area contributed by atoms with Crippen LogP contribution in [0.4, 0.5) is 0 Å². The number of hydrogen-bond donors (Lipinski definition) is 1. The molecule has 1 N–H and O–H groups in total. The molecule has 0 saturated heterocycles. The van der Waals surface area contributed by atoms with Crippen LogP contribution < -0.4 is 5.56 Å². The Balaban J connectivity index is 1.54. The van der Waals surface area contributed by atoms with Crippen LogP contribution in [0.25, 0.3) is 16.7 Å². The fourth-order valence-electron chi connectivity index (χ4n) is 3.89. The molecule has 166 valence electrons. The Morgan fingerprint density at radius 3 is 2.84 bits per heavy atom. The Bertz CT molecular complexity index is 1360. The zero-order valence-corrected chi connectivity index (χ0v) is 19.0. The van der Waals surface area contributed by atoms with Crippen LogP contribution in [0, 0.1) is 13.8 Å². The number of aryl methyl sites for hydroxylation is 2. The lowest BCUT2D eigenvalue weighted by Crippen LogP contribution is -2.33. The van der Waals surface area contributed by atoms with Crippen molar-refractivity contribution in [2.75, 3.05) is 6.54 Å². The van der Waals surface area contributed by atoms with Crippen LogP contribution in [0.2, 0.25) is 5.02 Å². The minimum Gasteiger partial charge on any atom is -0.335 e. The van der Waals surface area contributed by atoms with Gasteiger partial charge in [0.15, 0.2) is 0 Å². The van der Waals surface area contributed by atoms with E-state index in [1.54, 1.807) is 27.6 Å². The second kappa shape index (κ2) is 9.04. The topological polar surface area (TPSA) is 109 Å². The van der Waals surface area contributed by atoms with Gasteiger partial charge in [0.1, 0.15) is 12.2 Å². The minimum atomic E-state index is -0.246. The first-order valence-electron chi connectivity index (χ1n) is 10.5. The van der Waals surface area contributed by atoms with E-state index in [0.29, 0.717) is 46.9 Å². The summed E-state index contributed by atoms with van der Waals surface area (Å²) in [4.78, 5) is 43.1. The maximum absolute atomic E-state index is 13.1. The van der Waals surface area contributed by atoms with Gasteiger partial charge in [0.2, 0.25) is 5.91 Å². The van der Waals surface area contributed by atoms with Crippen LogP contribution in [0.5, 0.6) is 0 Å². The molecular formula is C22H24ClN7O2. The van der Waals surface area contributed by atoms with Crippen molar-refractivity contribution in [3.8, 4) is 0 Å². The predicted octanol–water partition coefficient (Wildman–Crippen LogP) is 3.00. The van der Waals surface area contributed by atoms with Crippen molar-refractivity contribution in [1.29, 1.82) is 0 Å². The van der Waals surface area contributed by atoms with E-state index in [1.807, 2.05) is 20.8 Å². The lowest BCUT2D eigenvalue weighted by molar-refractivity contribution is -0.131. The Labute approximate surface area is 189 Å². The van der Waals surface area contributed by atoms with E-state index in [9.17, 15) is 9.59 Å². The molecule has 0 aliphatic rings. The highest BCUT2D eigenvalue weighted by Crippen LogP contribution is 2.17. The van der Waals surface area contributed by atoms with Gasteiger partial charge in [0.05, 0.1) is 17.4 Å². The van der Waals surface area contributed by atoms with Crippen molar-refractivity contribution in [2.24, 2.45) is 0 Å². The first kappa shape index (κ1) is 21.9. The smallest absolute Gasteiger partial charge is 0.258 e. The zero-order chi connectivity index (χ0) is 22.8. The number of hydrogen-bond acceptors (Lipinski definition) is 6. The molecule has 0 bridgehead atoms. The highest BCUT2D eigenvalue weighted by atomic mass is 35.5. The number of rotatable bonds is 7. The lowest BCUT2D eigenvalue weighted by atomic mass is 10.1. The summed E-state index contributed by atoms with van der Waals surface area (Å²) in [7, 11) is 0. The molecule has 0 aliphatic carbocycles. The minimum absolute atomic E-state index is 0.0156. The third kappa shape index (κ3) is 4.34. The van der Waals surface area contributed by atoms with E-state index in [-0.39, 0.29) is 18.0 Å². The maximum Gasteiger partial charge on any atom is 0.258 e. The van der Waals surface area contributed by atoms with Gasteiger partial charge in [-0.15, -0.1) is 0 Å². The van der Waals surface area contributed by atoms with Crippen LogP contribution in [0.15, 0.2) is 29.3 Å². The average molecular weight is 454 g/mol. The predicted molar refractivity (Wildman–Crippen MR) is 122 cm³/mol. The van der Waals surface area contributed by atoms with Crippen LogP contribution in [0.1, 0.15) is 42.5 Å². The van der Waals surface area contributed by atoms with E-state index in [1.165, 1.54) is 6.33 Å². The van der Waals surface area contributed by atoms with Gasteiger partial charge in [-0.2, -0.15) is 10.1 Å². The Hall–Kier alpha value is -3.33. The molecule has 3 aromatic heterocycles. The van der Waals surface area contributed by atoms with Gasteiger partial charge in [-0.05, 0) is 50.5 Å². The van der Waals surface area contributed by atoms with Gasteiger partial charge >= 0.3 is 0 Å². The molecule has 0 fully saturated rings. The summed E-state index contributed by atoms with van der Waals surface area (Å²) in [6, 6.07) is 4.95. The fourth-order valence-corrected chi connectivity index (χ4v) is 4.05. The van der Waals surface area contributed by atoms with Gasteiger partial charge in [-0.25, -0.2) is 14.5 Å². The lowest BCUT2D eigenvalue weighted by Gasteiger charge is -2.22. The maximum atomic E-state index is 13.1. The second-order valence-corrected chi connectivity index (χ2v) is 8.16. The van der Waals surface area contributed by atoms with Crippen molar-refractivity contribution in [3.63, 3.8) is 0 Å². The number of aromatic nitrogens is 6. The number of fused-ring (bicyclic) bond motifs is 2. The first-order valence-corrected chi connectivity index (χ1v) is 10.9. The number of nitrogens with one attached hydrogen (secondary N) is 1. The molecule has 1 amide bonds. The van der Waals surface area contributed by atoms with Gasteiger partial charge in [-0.1, -0.05) is 18.5 Å². The van der Waals surface area contributed by atoms with Crippen molar-refractivity contribution in [1.82, 2.24) is 34.4 Å². The molecule has 0 atom stereocenters. The number of nitrogens with zero attached hydrogens (tertiary/aromatic N) is 6. The van der Waals surface area contributed by atoms with E-state index in [4.69, 9.17) is 11.6 Å². The molecule has 0 spiro atoms. The third-order valence-electron chi connectivity index (χ3n) is 5.48. The quantitative estimate of drug-likeness (QED) is 0.460. The van der Waals surface area contributed by atoms with Crippen molar-refractivity contribution in [2.45, 2.75) is 46.6 Å². The summed E-state index contributed by atoms with van der Waals surface area (Å²) in [6.45, 7) is 6.67. The molecule has 32 heavy (non-hydrogen) atoms. The van der Waals surface area contributed by atoms with Crippen molar-refractivity contribution >= 4 is 34.2 Å². The Morgan fingerprint density at radius 1 is 1.25 bits per heavy atom. The number of carbonyl (C=O) groups excluding carboxylic acids is 1. The van der Waals surface area contributed by atoms with Crippen LogP contribution in [0.3, 0.4) is 0 Å². The molecule has 1 aromatic carbocycles. The number of halogens is 1. The normalized spacial score (nSPS) is 11.4. The van der Waals surface area contributed by atoms with E-state index >= 15 is 0 Å². The molecule has 9 nitrogen and oxygen atoms in total. The zero-order valence-electron chi connectivity index (χ0n) is 18.2. The van der Waals surface area contributed by atoms with Gasteiger partial charge < -0.3 is 9.88 Å². The second-order valence-electron chi connectivity index (χ2n) is 7.72. The van der Waals surface area contributed by atoms with E-state index < -0.39 is 0 Å². The summed E-state index contributed by atoms with van der Waals surface area (Å²) >= 11 is 6.05. The van der Waals surface area contributed by atoms with E-state index in [2.05, 4.69) is 25.0 Å². The summed E-state index contributed by atoms with van der Waals surface area (Å²) in [5, 5.41) is 5.18. The molecule has 0 aliphatic heterocycles. The Morgan fingerprint density at radius 2 is 2.06 bits per heavy atom. The number of amides is 1. The van der Waals surface area contributed by atoms with Gasteiger partial charge in [0.25, 0.3) is 11.3 Å². The SMILES string of the molecule is CCCN(Cc1nc2cc(Cl)ccc2c(=O)[nH]1)C(=O)CCc1c(C)nc2ncnn2c1C. The molecule has 4 aromatic rings. The fraction of sp³-hybridized carbons (Fsp3) is 0.364. The molecule has 0 unspecified atom stereocenters. The molecule has 3 heterocycles. The molecule has 10 heteroatoms. The van der Waals surface area contributed by atoms with Crippen molar-refractivity contribution < 1.29 is 4.79 Å². The monoisotopic (exact) mass is 453 g/mol. The highest BCUT2D eigenvalue weighted by Gasteiger charge is 2.18. The van der Waals surface area contributed by atoms with Gasteiger partial charge in [0, 0.05) is 29.4 Å². The van der Waals surface area contributed by atoms with E-state index in [0.717, 1.165) is 23.4 Å². The Kier molecular flexibility index (Phi) is 6.18. The number of H-pyrrole nitrogens is 1. The summed E-state index contributed by atoms with van der Waals surface area (Å²) in [5.41, 5.74) is 3.02. The molecular weight excluding hydrogens is 430 g/mol. The number of benzene rings is 1. The van der Waals surface area contributed by atoms with Crippen LogP contribution >= 0.6 is 11.6 Å². The first-order chi connectivity index (χ1) is 15.4. The van der Waals surface area contributed by atoms with Crippen LogP contribution in [-0.4, -0.2) is 46.9 Å². The van der Waals surface area contributed by atoms with Crippen LogP contribution in [-0.2, 0) is 17.8 Å². The largest absolute Gasteiger partial charge is 0.335 e. The summed E-state index contributed by atoms with van der Waals surface area (Å²) in [5.74, 6) is 0.969. The average Bonchev–Trinajstić information content (AvgIpc) is 3.21. The standard InChI is InChI=1S/C22H24ClN7O2/c1-4-9-29(11-19-27-18-10-15(23)5-6-17(18)21(32)28-19)20(31)8-7-16-13(2)26-22-24-12-25-30(22)14(16)3/h5-6,10,12H,4,7-9,11H2,1-3H3,(H,27,28,32). The molecule has 0 radical (unpaired) electrons. The summed E-state index contributed by atoms with van der Waals surface area (Å²) in [6.07, 6.45) is 3.11. The van der Waals surface area contributed by atoms with Gasteiger partial charge in [-0.3, -0.25) is 9.59 Å². The number of aromatic amines is 1. The molecule has 0 saturated carbocycles. The van der Waals surface area contributed by atoms with Crippen molar-refractivity contribution in [3.05, 3.63) is 62.7 Å².